The molecular weight excluding hydrogens is 383 g/mol. The van der Waals surface area contributed by atoms with Gasteiger partial charge in [-0.05, 0) is 26.8 Å². The van der Waals surface area contributed by atoms with Gasteiger partial charge in [0.05, 0.1) is 17.0 Å². The number of rotatable bonds is 4. The molecule has 0 aliphatic carbocycles. The molecule has 0 bridgehead atoms. The lowest BCUT2D eigenvalue weighted by Gasteiger charge is -2.39. The van der Waals surface area contributed by atoms with Crippen LogP contribution in [0.15, 0.2) is 29.3 Å². The summed E-state index contributed by atoms with van der Waals surface area (Å²) in [5, 5.41) is 3.07. The molecule has 0 atom stereocenters. The molecule has 0 spiro atoms. The standard InChI is InChI=1S/C17H24F3N3O3S/c1-4-21-15(23-9-10-27(24,25)16(2,3)12-23)22-11-13-7-5-6-8-14(13)26-17(18,19)20/h5-8H,4,9-12H2,1-3H3,(H,21,22). The van der Waals surface area contributed by atoms with Crippen LogP contribution in [0.4, 0.5) is 13.2 Å². The Labute approximate surface area is 157 Å². The first kappa shape index (κ1) is 21.3. The molecular formula is C17H24F3N3O3S. The number of sulfone groups is 1. The van der Waals surface area contributed by atoms with Crippen molar-refractivity contribution in [3.8, 4) is 5.75 Å². The van der Waals surface area contributed by atoms with Crippen molar-refractivity contribution in [1.82, 2.24) is 10.2 Å². The van der Waals surface area contributed by atoms with Crippen LogP contribution in [0.2, 0.25) is 0 Å². The third kappa shape index (κ3) is 5.50. The Kier molecular flexibility index (Phi) is 6.28. The number of nitrogens with zero attached hydrogens (tertiary/aromatic N) is 2. The monoisotopic (exact) mass is 407 g/mol. The fraction of sp³-hybridized carbons (Fsp3) is 0.588. The molecule has 1 heterocycles. The summed E-state index contributed by atoms with van der Waals surface area (Å²) in [6.07, 6.45) is -4.78. The zero-order chi connectivity index (χ0) is 20.3. The number of ether oxygens (including phenoxy) is 1. The number of hydrogen-bond acceptors (Lipinski definition) is 4. The Morgan fingerprint density at radius 2 is 2.00 bits per heavy atom. The molecule has 0 unspecified atom stereocenters. The van der Waals surface area contributed by atoms with E-state index in [1.165, 1.54) is 18.2 Å². The third-order valence-electron chi connectivity index (χ3n) is 4.28. The van der Waals surface area contributed by atoms with Gasteiger partial charge >= 0.3 is 6.36 Å². The minimum atomic E-state index is -4.78. The van der Waals surface area contributed by atoms with Gasteiger partial charge in [-0.1, -0.05) is 18.2 Å². The minimum Gasteiger partial charge on any atom is -0.405 e. The molecule has 10 heteroatoms. The van der Waals surface area contributed by atoms with Crippen LogP contribution in [0.3, 0.4) is 0 Å². The maximum atomic E-state index is 12.6. The first-order chi connectivity index (χ1) is 12.5. The van der Waals surface area contributed by atoms with Crippen LogP contribution in [0.1, 0.15) is 26.3 Å². The summed E-state index contributed by atoms with van der Waals surface area (Å²) in [6.45, 7) is 6.22. The number of guanidine groups is 1. The second-order valence-corrected chi connectivity index (χ2v) is 9.57. The number of alkyl halides is 3. The second-order valence-electron chi connectivity index (χ2n) is 6.83. The maximum Gasteiger partial charge on any atom is 0.573 e. The first-order valence-corrected chi connectivity index (χ1v) is 10.2. The molecule has 6 nitrogen and oxygen atoms in total. The Hall–Kier alpha value is -1.97. The molecule has 1 aromatic rings. The van der Waals surface area contributed by atoms with Crippen molar-refractivity contribution in [3.05, 3.63) is 29.8 Å². The van der Waals surface area contributed by atoms with Crippen molar-refractivity contribution in [1.29, 1.82) is 0 Å². The van der Waals surface area contributed by atoms with Crippen molar-refractivity contribution in [2.24, 2.45) is 4.99 Å². The highest BCUT2D eigenvalue weighted by Crippen LogP contribution is 2.27. The normalized spacial score (nSPS) is 19.6. The number of benzene rings is 1. The lowest BCUT2D eigenvalue weighted by atomic mass is 10.2. The van der Waals surface area contributed by atoms with Gasteiger partial charge in [0.15, 0.2) is 15.8 Å². The van der Waals surface area contributed by atoms with E-state index in [4.69, 9.17) is 0 Å². The number of hydrogen-bond donors (Lipinski definition) is 1. The van der Waals surface area contributed by atoms with Gasteiger partial charge in [0.1, 0.15) is 5.75 Å². The van der Waals surface area contributed by atoms with E-state index in [0.29, 0.717) is 12.5 Å². The van der Waals surface area contributed by atoms with E-state index in [-0.39, 0.29) is 36.7 Å². The van der Waals surface area contributed by atoms with Crippen LogP contribution < -0.4 is 10.1 Å². The van der Waals surface area contributed by atoms with Gasteiger partial charge in [-0.15, -0.1) is 13.2 Å². The molecule has 1 aromatic carbocycles. The smallest absolute Gasteiger partial charge is 0.405 e. The average molecular weight is 407 g/mol. The molecule has 0 radical (unpaired) electrons. The van der Waals surface area contributed by atoms with Crippen molar-refractivity contribution in [2.45, 2.75) is 38.4 Å². The molecule has 1 N–H and O–H groups in total. The Morgan fingerprint density at radius 1 is 1.33 bits per heavy atom. The lowest BCUT2D eigenvalue weighted by Crippen LogP contribution is -2.57. The highest BCUT2D eigenvalue weighted by Gasteiger charge is 2.41. The topological polar surface area (TPSA) is 71.0 Å². The van der Waals surface area contributed by atoms with Crippen LogP contribution in [0, 0.1) is 0 Å². The molecule has 0 saturated carbocycles. The Morgan fingerprint density at radius 3 is 2.59 bits per heavy atom. The van der Waals surface area contributed by atoms with Crippen LogP contribution in [0.5, 0.6) is 5.75 Å². The van der Waals surface area contributed by atoms with Crippen LogP contribution in [-0.4, -0.2) is 55.8 Å². The molecule has 0 amide bonds. The van der Waals surface area contributed by atoms with Crippen molar-refractivity contribution < 1.29 is 26.3 Å². The van der Waals surface area contributed by atoms with Gasteiger partial charge in [-0.2, -0.15) is 0 Å². The highest BCUT2D eigenvalue weighted by atomic mass is 32.2. The summed E-state index contributed by atoms with van der Waals surface area (Å²) in [5.41, 5.74) is 0.286. The maximum absolute atomic E-state index is 12.6. The highest BCUT2D eigenvalue weighted by molar-refractivity contribution is 7.92. The SMILES string of the molecule is CCNC(=NCc1ccccc1OC(F)(F)F)N1CCS(=O)(=O)C(C)(C)C1. The second kappa shape index (κ2) is 7.95. The number of nitrogens with one attached hydrogen (secondary N) is 1. The van der Waals surface area contributed by atoms with Gasteiger partial charge in [-0.25, -0.2) is 13.4 Å². The molecule has 1 fully saturated rings. The summed E-state index contributed by atoms with van der Waals surface area (Å²) in [6, 6.07) is 5.82. The Balaban J connectivity index is 2.22. The summed E-state index contributed by atoms with van der Waals surface area (Å²) < 4.78 is 65.1. The summed E-state index contributed by atoms with van der Waals surface area (Å²) >= 11 is 0. The third-order valence-corrected chi connectivity index (χ3v) is 6.81. The van der Waals surface area contributed by atoms with Crippen molar-refractivity contribution in [2.75, 3.05) is 25.4 Å². The molecule has 152 valence electrons. The van der Waals surface area contributed by atoms with E-state index in [2.05, 4.69) is 15.0 Å². The van der Waals surface area contributed by atoms with Gasteiger partial charge in [0.25, 0.3) is 0 Å². The zero-order valence-electron chi connectivity index (χ0n) is 15.5. The largest absolute Gasteiger partial charge is 0.573 e. The quantitative estimate of drug-likeness (QED) is 0.614. The van der Waals surface area contributed by atoms with E-state index < -0.39 is 20.9 Å². The van der Waals surface area contributed by atoms with E-state index in [1.807, 2.05) is 11.8 Å². The lowest BCUT2D eigenvalue weighted by molar-refractivity contribution is -0.274. The van der Waals surface area contributed by atoms with E-state index >= 15 is 0 Å². The Bertz CT molecular complexity index is 792. The number of aliphatic imine (C=N–C) groups is 1. The van der Waals surface area contributed by atoms with E-state index in [1.54, 1.807) is 19.9 Å². The molecule has 1 aliphatic rings. The van der Waals surface area contributed by atoms with Crippen LogP contribution >= 0.6 is 0 Å². The molecule has 1 saturated heterocycles. The number of para-hydroxylation sites is 1. The van der Waals surface area contributed by atoms with E-state index in [9.17, 15) is 21.6 Å². The van der Waals surface area contributed by atoms with Gasteiger partial charge in [0, 0.05) is 25.2 Å². The molecule has 0 aromatic heterocycles. The van der Waals surface area contributed by atoms with Crippen LogP contribution in [-0.2, 0) is 16.4 Å². The molecule has 27 heavy (non-hydrogen) atoms. The van der Waals surface area contributed by atoms with Crippen LogP contribution in [0.25, 0.3) is 0 Å². The summed E-state index contributed by atoms with van der Waals surface area (Å²) in [7, 11) is -3.21. The zero-order valence-corrected chi connectivity index (χ0v) is 16.3. The molecule has 2 rings (SSSR count). The fourth-order valence-corrected chi connectivity index (χ4v) is 4.13. The predicted molar refractivity (Wildman–Crippen MR) is 97.4 cm³/mol. The average Bonchev–Trinajstić information content (AvgIpc) is 2.54. The minimum absolute atomic E-state index is 0.00180. The summed E-state index contributed by atoms with van der Waals surface area (Å²) in [5.74, 6) is 0.159. The molecule has 1 aliphatic heterocycles. The van der Waals surface area contributed by atoms with Gasteiger partial charge in [0.2, 0.25) is 0 Å². The van der Waals surface area contributed by atoms with Crippen molar-refractivity contribution in [3.63, 3.8) is 0 Å². The van der Waals surface area contributed by atoms with Crippen molar-refractivity contribution >= 4 is 15.8 Å². The van der Waals surface area contributed by atoms with Gasteiger partial charge in [-0.3, -0.25) is 0 Å². The number of halogens is 3. The fourth-order valence-electron chi connectivity index (χ4n) is 2.77. The summed E-state index contributed by atoms with van der Waals surface area (Å²) in [4.78, 5) is 6.22. The first-order valence-electron chi connectivity index (χ1n) is 8.54. The van der Waals surface area contributed by atoms with Gasteiger partial charge < -0.3 is 15.0 Å². The van der Waals surface area contributed by atoms with E-state index in [0.717, 1.165) is 0 Å². The predicted octanol–water partition coefficient (Wildman–Crippen LogP) is 2.56.